The number of nitrogens with one attached hydrogen (secondary N) is 1. The monoisotopic (exact) mass is 265 g/mol. The van der Waals surface area contributed by atoms with Gasteiger partial charge in [0.25, 0.3) is 0 Å². The third-order valence-electron chi connectivity index (χ3n) is 3.17. The van der Waals surface area contributed by atoms with Crippen LogP contribution in [0, 0.1) is 5.92 Å². The Balaban J connectivity index is 2.91. The molecule has 1 unspecified atom stereocenters. The standard InChI is InChI=1S/C14H23N3O2/c1-10(14(18)16-2)9-17(3)13-7-12(19-4)6-5-11(13)8-15/h5-7,10H,8-9,15H2,1-4H3,(H,16,18). The maximum atomic E-state index is 11.6. The van der Waals surface area contributed by atoms with Crippen molar-refractivity contribution in [1.29, 1.82) is 0 Å². The van der Waals surface area contributed by atoms with Gasteiger partial charge in [-0.2, -0.15) is 0 Å². The van der Waals surface area contributed by atoms with Crippen molar-refractivity contribution in [1.82, 2.24) is 5.32 Å². The van der Waals surface area contributed by atoms with E-state index < -0.39 is 0 Å². The van der Waals surface area contributed by atoms with Gasteiger partial charge in [-0.3, -0.25) is 4.79 Å². The number of carbonyl (C=O) groups is 1. The van der Waals surface area contributed by atoms with Crippen LogP contribution in [0.1, 0.15) is 12.5 Å². The number of amides is 1. The van der Waals surface area contributed by atoms with Gasteiger partial charge in [0.15, 0.2) is 0 Å². The normalized spacial score (nSPS) is 11.8. The van der Waals surface area contributed by atoms with Gasteiger partial charge in [0.05, 0.1) is 13.0 Å². The number of rotatable bonds is 6. The van der Waals surface area contributed by atoms with E-state index in [9.17, 15) is 4.79 Å². The highest BCUT2D eigenvalue weighted by Gasteiger charge is 2.16. The molecular formula is C14H23N3O2. The predicted molar refractivity (Wildman–Crippen MR) is 77.4 cm³/mol. The lowest BCUT2D eigenvalue weighted by Gasteiger charge is -2.25. The van der Waals surface area contributed by atoms with Crippen LogP contribution in [0.3, 0.4) is 0 Å². The highest BCUT2D eigenvalue weighted by atomic mass is 16.5. The van der Waals surface area contributed by atoms with Crippen LogP contribution in [-0.2, 0) is 11.3 Å². The minimum atomic E-state index is -0.0909. The average Bonchev–Trinajstić information content (AvgIpc) is 2.45. The second-order valence-electron chi connectivity index (χ2n) is 4.59. The Labute approximate surface area is 114 Å². The molecule has 0 heterocycles. The van der Waals surface area contributed by atoms with Gasteiger partial charge in [-0.1, -0.05) is 13.0 Å². The third-order valence-corrected chi connectivity index (χ3v) is 3.17. The molecule has 3 N–H and O–H groups in total. The number of nitrogens with zero attached hydrogens (tertiary/aromatic N) is 1. The molecule has 0 bridgehead atoms. The van der Waals surface area contributed by atoms with E-state index in [0.717, 1.165) is 17.0 Å². The SMILES string of the molecule is CNC(=O)C(C)CN(C)c1cc(OC)ccc1CN. The quantitative estimate of drug-likeness (QED) is 0.804. The molecule has 0 spiro atoms. The Morgan fingerprint density at radius 2 is 2.21 bits per heavy atom. The van der Waals surface area contributed by atoms with Crippen LogP contribution < -0.4 is 20.7 Å². The fraction of sp³-hybridized carbons (Fsp3) is 0.500. The lowest BCUT2D eigenvalue weighted by atomic mass is 10.1. The van der Waals surface area contributed by atoms with E-state index in [4.69, 9.17) is 10.5 Å². The van der Waals surface area contributed by atoms with Gasteiger partial charge in [-0.25, -0.2) is 0 Å². The summed E-state index contributed by atoms with van der Waals surface area (Å²) in [5.74, 6) is 0.725. The summed E-state index contributed by atoms with van der Waals surface area (Å²) in [6.45, 7) is 2.98. The van der Waals surface area contributed by atoms with Gasteiger partial charge in [-0.15, -0.1) is 0 Å². The number of methoxy groups -OCH3 is 1. The average molecular weight is 265 g/mol. The fourth-order valence-electron chi connectivity index (χ4n) is 2.04. The Morgan fingerprint density at radius 1 is 1.53 bits per heavy atom. The summed E-state index contributed by atoms with van der Waals surface area (Å²) in [5, 5.41) is 2.66. The van der Waals surface area contributed by atoms with Gasteiger partial charge in [0, 0.05) is 38.9 Å². The first-order valence-corrected chi connectivity index (χ1v) is 6.33. The summed E-state index contributed by atoms with van der Waals surface area (Å²) in [6.07, 6.45) is 0. The van der Waals surface area contributed by atoms with Crippen molar-refractivity contribution in [3.05, 3.63) is 23.8 Å². The molecule has 1 aromatic rings. The lowest BCUT2D eigenvalue weighted by molar-refractivity contribution is -0.123. The molecule has 0 aliphatic rings. The first kappa shape index (κ1) is 15.3. The van der Waals surface area contributed by atoms with E-state index in [0.29, 0.717) is 13.1 Å². The van der Waals surface area contributed by atoms with Crippen LogP contribution in [0.25, 0.3) is 0 Å². The van der Waals surface area contributed by atoms with E-state index >= 15 is 0 Å². The summed E-state index contributed by atoms with van der Waals surface area (Å²) < 4.78 is 5.23. The largest absolute Gasteiger partial charge is 0.497 e. The molecule has 19 heavy (non-hydrogen) atoms. The van der Waals surface area contributed by atoms with Gasteiger partial charge in [-0.05, 0) is 11.6 Å². The van der Waals surface area contributed by atoms with Crippen LogP contribution >= 0.6 is 0 Å². The Morgan fingerprint density at radius 3 is 2.74 bits per heavy atom. The zero-order valence-electron chi connectivity index (χ0n) is 12.1. The summed E-state index contributed by atoms with van der Waals surface area (Å²) in [4.78, 5) is 13.6. The second-order valence-corrected chi connectivity index (χ2v) is 4.59. The Bertz CT molecular complexity index is 435. The van der Waals surface area contributed by atoms with Gasteiger partial charge in [0.1, 0.15) is 5.75 Å². The van der Waals surface area contributed by atoms with Gasteiger partial charge >= 0.3 is 0 Å². The number of ether oxygens (including phenoxy) is 1. The van der Waals surface area contributed by atoms with E-state index in [1.165, 1.54) is 0 Å². The molecule has 0 saturated carbocycles. The maximum Gasteiger partial charge on any atom is 0.224 e. The molecule has 0 aliphatic carbocycles. The molecule has 1 amide bonds. The predicted octanol–water partition coefficient (Wildman–Crippen LogP) is 0.972. The number of carbonyl (C=O) groups excluding carboxylic acids is 1. The van der Waals surface area contributed by atoms with Crippen molar-refractivity contribution in [2.24, 2.45) is 11.7 Å². The zero-order valence-corrected chi connectivity index (χ0v) is 12.1. The van der Waals surface area contributed by atoms with Crippen molar-refractivity contribution in [3.63, 3.8) is 0 Å². The lowest BCUT2D eigenvalue weighted by Crippen LogP contribution is -2.34. The van der Waals surface area contributed by atoms with Gasteiger partial charge < -0.3 is 20.7 Å². The smallest absolute Gasteiger partial charge is 0.224 e. The van der Waals surface area contributed by atoms with Crippen LogP contribution in [0.5, 0.6) is 5.75 Å². The molecule has 1 atom stereocenters. The highest BCUT2D eigenvalue weighted by Crippen LogP contribution is 2.25. The number of anilines is 1. The first-order valence-electron chi connectivity index (χ1n) is 6.33. The van der Waals surface area contributed by atoms with E-state index in [1.54, 1.807) is 14.2 Å². The molecule has 1 aromatic carbocycles. The van der Waals surface area contributed by atoms with Gasteiger partial charge in [0.2, 0.25) is 5.91 Å². The summed E-state index contributed by atoms with van der Waals surface area (Å²) in [7, 11) is 5.23. The van der Waals surface area contributed by atoms with Crippen LogP contribution in [0.4, 0.5) is 5.69 Å². The minimum Gasteiger partial charge on any atom is -0.497 e. The summed E-state index contributed by atoms with van der Waals surface area (Å²) in [5.41, 5.74) is 7.78. The topological polar surface area (TPSA) is 67.6 Å². The van der Waals surface area contributed by atoms with E-state index in [2.05, 4.69) is 5.32 Å². The second kappa shape index (κ2) is 6.99. The molecule has 5 heteroatoms. The Kier molecular flexibility index (Phi) is 5.63. The molecule has 1 rings (SSSR count). The van der Waals surface area contributed by atoms with Crippen LogP contribution in [0.2, 0.25) is 0 Å². The third kappa shape index (κ3) is 3.86. The zero-order chi connectivity index (χ0) is 14.4. The number of hydrogen-bond acceptors (Lipinski definition) is 4. The van der Waals surface area contributed by atoms with E-state index in [-0.39, 0.29) is 11.8 Å². The van der Waals surface area contributed by atoms with Crippen molar-refractivity contribution in [3.8, 4) is 5.75 Å². The molecule has 0 radical (unpaired) electrons. The summed E-state index contributed by atoms with van der Waals surface area (Å²) in [6, 6.07) is 5.79. The van der Waals surface area contributed by atoms with Crippen LogP contribution in [-0.4, -0.2) is 33.7 Å². The molecule has 106 valence electrons. The number of hydrogen-bond donors (Lipinski definition) is 2. The number of nitrogens with two attached hydrogens (primary N) is 1. The van der Waals surface area contributed by atoms with Crippen molar-refractivity contribution < 1.29 is 9.53 Å². The minimum absolute atomic E-state index is 0.0315. The number of benzene rings is 1. The van der Waals surface area contributed by atoms with Crippen LogP contribution in [0.15, 0.2) is 18.2 Å². The fourth-order valence-corrected chi connectivity index (χ4v) is 2.04. The van der Waals surface area contributed by atoms with Crippen molar-refractivity contribution in [2.75, 3.05) is 32.6 Å². The molecule has 0 aromatic heterocycles. The molecule has 5 nitrogen and oxygen atoms in total. The molecular weight excluding hydrogens is 242 g/mol. The van der Waals surface area contributed by atoms with Crippen molar-refractivity contribution in [2.45, 2.75) is 13.5 Å². The summed E-state index contributed by atoms with van der Waals surface area (Å²) >= 11 is 0. The maximum absolute atomic E-state index is 11.6. The van der Waals surface area contributed by atoms with Crippen molar-refractivity contribution >= 4 is 11.6 Å². The molecule has 0 saturated heterocycles. The molecule has 0 aliphatic heterocycles. The van der Waals surface area contributed by atoms with E-state index in [1.807, 2.05) is 37.1 Å². The highest BCUT2D eigenvalue weighted by molar-refractivity contribution is 5.78. The Hall–Kier alpha value is -1.75. The molecule has 0 fully saturated rings. The first-order chi connectivity index (χ1) is 9.03.